The highest BCUT2D eigenvalue weighted by molar-refractivity contribution is 6.12. The molecule has 8 nitrogen and oxygen atoms in total. The molecule has 3 aromatic rings. The standard InChI is InChI=1S/C28H31N5O3/c1-4-23(20-11-7-5-8-12-20)31-28(36)33-25(27(35)32(3)21-13-9-6-10-14-21)22(26(33)34)16-19-15-18(2)30-24(29)17-19/h5-15,17,22-23,25H,4,16H2,1-3H3,(H2,29,30)(H,31,36)/t22-,23-,25+/m1/s1. The Labute approximate surface area is 211 Å². The van der Waals surface area contributed by atoms with Crippen LogP contribution in [-0.2, 0) is 16.0 Å². The van der Waals surface area contributed by atoms with Gasteiger partial charge in [-0.3, -0.25) is 14.5 Å². The number of hydrogen-bond acceptors (Lipinski definition) is 5. The van der Waals surface area contributed by atoms with Gasteiger partial charge in [0.15, 0.2) is 0 Å². The maximum absolute atomic E-state index is 13.7. The third-order valence-corrected chi connectivity index (χ3v) is 6.56. The Hall–Kier alpha value is -4.20. The number of anilines is 2. The van der Waals surface area contributed by atoms with Crippen LogP contribution in [0.5, 0.6) is 0 Å². The predicted molar refractivity (Wildman–Crippen MR) is 139 cm³/mol. The van der Waals surface area contributed by atoms with Crippen LogP contribution in [0.3, 0.4) is 0 Å². The topological polar surface area (TPSA) is 109 Å². The van der Waals surface area contributed by atoms with Crippen LogP contribution in [0.2, 0.25) is 0 Å². The fourth-order valence-corrected chi connectivity index (χ4v) is 4.70. The van der Waals surface area contributed by atoms with E-state index in [0.717, 1.165) is 21.7 Å². The van der Waals surface area contributed by atoms with Crippen molar-refractivity contribution >= 4 is 29.4 Å². The lowest BCUT2D eigenvalue weighted by Crippen LogP contribution is -2.70. The SMILES string of the molecule is CC[C@@H](NC(=O)N1C(=O)[C@H](Cc2cc(C)nc(N)c2)[C@H]1C(=O)N(C)c1ccccc1)c1ccccc1. The van der Waals surface area contributed by atoms with Crippen molar-refractivity contribution in [1.82, 2.24) is 15.2 Å². The van der Waals surface area contributed by atoms with Crippen molar-refractivity contribution in [3.05, 3.63) is 89.6 Å². The number of nitrogen functional groups attached to an aromatic ring is 1. The van der Waals surface area contributed by atoms with Crippen LogP contribution in [0.25, 0.3) is 0 Å². The molecule has 0 radical (unpaired) electrons. The van der Waals surface area contributed by atoms with Crippen LogP contribution in [0.1, 0.15) is 36.2 Å². The molecule has 3 N–H and O–H groups in total. The highest BCUT2D eigenvalue weighted by atomic mass is 16.2. The van der Waals surface area contributed by atoms with E-state index in [9.17, 15) is 14.4 Å². The third kappa shape index (κ3) is 5.07. The van der Waals surface area contributed by atoms with Crippen LogP contribution in [0, 0.1) is 12.8 Å². The molecule has 2 aromatic carbocycles. The highest BCUT2D eigenvalue weighted by Crippen LogP contribution is 2.33. The van der Waals surface area contributed by atoms with E-state index in [1.165, 1.54) is 4.90 Å². The number of nitrogens with two attached hydrogens (primary N) is 1. The number of para-hydroxylation sites is 1. The molecule has 0 aliphatic carbocycles. The number of urea groups is 1. The second-order valence-electron chi connectivity index (χ2n) is 9.06. The number of β-lactam (4-membered cyclic amide) rings is 1. The minimum Gasteiger partial charge on any atom is -0.384 e. The summed E-state index contributed by atoms with van der Waals surface area (Å²) in [5, 5.41) is 2.95. The summed E-state index contributed by atoms with van der Waals surface area (Å²) in [6.07, 6.45) is 0.921. The van der Waals surface area contributed by atoms with Crippen molar-refractivity contribution in [3.63, 3.8) is 0 Å². The lowest BCUT2D eigenvalue weighted by molar-refractivity contribution is -0.156. The van der Waals surface area contributed by atoms with Gasteiger partial charge in [0.25, 0.3) is 5.91 Å². The Morgan fingerprint density at radius 1 is 1.08 bits per heavy atom. The molecule has 2 heterocycles. The Kier molecular flexibility index (Phi) is 7.33. The Morgan fingerprint density at radius 2 is 1.72 bits per heavy atom. The molecule has 1 aliphatic rings. The van der Waals surface area contributed by atoms with Gasteiger partial charge in [-0.15, -0.1) is 0 Å². The fraction of sp³-hybridized carbons (Fsp3) is 0.286. The predicted octanol–water partition coefficient (Wildman–Crippen LogP) is 3.87. The van der Waals surface area contributed by atoms with E-state index in [-0.39, 0.29) is 24.3 Å². The van der Waals surface area contributed by atoms with Gasteiger partial charge >= 0.3 is 6.03 Å². The molecule has 4 amide bonds. The Balaban J connectivity index is 1.61. The van der Waals surface area contributed by atoms with Crippen molar-refractivity contribution in [1.29, 1.82) is 0 Å². The number of nitrogens with zero attached hydrogens (tertiary/aromatic N) is 3. The number of imide groups is 1. The van der Waals surface area contributed by atoms with Gasteiger partial charge in [-0.1, -0.05) is 55.5 Å². The van der Waals surface area contributed by atoms with Crippen molar-refractivity contribution < 1.29 is 14.4 Å². The third-order valence-electron chi connectivity index (χ3n) is 6.56. The summed E-state index contributed by atoms with van der Waals surface area (Å²) in [5.74, 6) is -1.05. The number of nitrogens with one attached hydrogen (secondary N) is 1. The van der Waals surface area contributed by atoms with Gasteiger partial charge in [0, 0.05) is 18.4 Å². The molecule has 1 aliphatic heterocycles. The maximum Gasteiger partial charge on any atom is 0.325 e. The lowest BCUT2D eigenvalue weighted by atomic mass is 9.81. The molecule has 36 heavy (non-hydrogen) atoms. The van der Waals surface area contributed by atoms with Gasteiger partial charge in [-0.25, -0.2) is 9.78 Å². The second kappa shape index (κ2) is 10.6. The summed E-state index contributed by atoms with van der Waals surface area (Å²) in [7, 11) is 1.65. The normalized spacial score (nSPS) is 17.8. The summed E-state index contributed by atoms with van der Waals surface area (Å²) >= 11 is 0. The van der Waals surface area contributed by atoms with Crippen molar-refractivity contribution in [2.75, 3.05) is 17.7 Å². The van der Waals surface area contributed by atoms with Crippen LogP contribution in [0.4, 0.5) is 16.3 Å². The highest BCUT2D eigenvalue weighted by Gasteiger charge is 2.55. The minimum absolute atomic E-state index is 0.282. The Morgan fingerprint density at radius 3 is 2.33 bits per heavy atom. The van der Waals surface area contributed by atoms with Crippen LogP contribution in [0.15, 0.2) is 72.8 Å². The monoisotopic (exact) mass is 485 g/mol. The summed E-state index contributed by atoms with van der Waals surface area (Å²) in [6.45, 7) is 3.78. The van der Waals surface area contributed by atoms with Gasteiger partial charge in [-0.05, 0) is 55.2 Å². The van der Waals surface area contributed by atoms with E-state index in [0.29, 0.717) is 17.9 Å². The zero-order valence-electron chi connectivity index (χ0n) is 20.7. The largest absolute Gasteiger partial charge is 0.384 e. The molecular formula is C28H31N5O3. The zero-order chi connectivity index (χ0) is 25.8. The second-order valence-corrected chi connectivity index (χ2v) is 9.06. The Bertz CT molecular complexity index is 1230. The summed E-state index contributed by atoms with van der Waals surface area (Å²) in [5.41, 5.74) is 9.05. The number of benzene rings is 2. The first-order chi connectivity index (χ1) is 17.3. The minimum atomic E-state index is -0.939. The van der Waals surface area contributed by atoms with Crippen LogP contribution in [-0.4, -0.2) is 40.8 Å². The number of amides is 4. The maximum atomic E-state index is 13.7. The van der Waals surface area contributed by atoms with E-state index in [4.69, 9.17) is 5.73 Å². The first-order valence-corrected chi connectivity index (χ1v) is 12.0. The number of likely N-dealkylation sites (N-methyl/N-ethyl adjacent to an activating group) is 1. The number of likely N-dealkylation sites (tertiary alicyclic amines) is 1. The molecule has 1 saturated heterocycles. The average Bonchev–Trinajstić information content (AvgIpc) is 2.88. The first kappa shape index (κ1) is 24.9. The van der Waals surface area contributed by atoms with E-state index >= 15 is 0 Å². The van der Waals surface area contributed by atoms with Crippen LogP contribution >= 0.6 is 0 Å². The quantitative estimate of drug-likeness (QED) is 0.494. The molecule has 0 bridgehead atoms. The molecule has 4 rings (SSSR count). The zero-order valence-corrected chi connectivity index (χ0v) is 20.7. The number of aryl methyl sites for hydroxylation is 1. The number of carbonyl (C=O) groups is 3. The van der Waals surface area contributed by atoms with Gasteiger partial charge in [0.2, 0.25) is 5.91 Å². The van der Waals surface area contributed by atoms with Gasteiger partial charge in [0.1, 0.15) is 11.9 Å². The molecule has 186 valence electrons. The van der Waals surface area contributed by atoms with E-state index in [1.807, 2.05) is 80.6 Å². The van der Waals surface area contributed by atoms with Gasteiger partial charge < -0.3 is 16.0 Å². The van der Waals surface area contributed by atoms with Crippen molar-refractivity contribution in [2.24, 2.45) is 5.92 Å². The van der Waals surface area contributed by atoms with E-state index < -0.39 is 18.0 Å². The van der Waals surface area contributed by atoms with Crippen molar-refractivity contribution in [2.45, 2.75) is 38.8 Å². The van der Waals surface area contributed by atoms with Crippen molar-refractivity contribution in [3.8, 4) is 0 Å². The summed E-state index contributed by atoms with van der Waals surface area (Å²) in [6, 6.07) is 20.5. The molecule has 1 aromatic heterocycles. The number of aromatic nitrogens is 1. The number of pyridine rings is 1. The van der Waals surface area contributed by atoms with E-state index in [1.54, 1.807) is 13.1 Å². The molecule has 0 saturated carbocycles. The van der Waals surface area contributed by atoms with Gasteiger partial charge in [0.05, 0.1) is 12.0 Å². The number of hydrogen-bond donors (Lipinski definition) is 2. The molecule has 8 heteroatoms. The lowest BCUT2D eigenvalue weighted by Gasteiger charge is -2.46. The number of rotatable bonds is 7. The smallest absolute Gasteiger partial charge is 0.325 e. The van der Waals surface area contributed by atoms with Crippen LogP contribution < -0.4 is 16.0 Å². The molecule has 3 atom stereocenters. The molecular weight excluding hydrogens is 454 g/mol. The molecule has 0 unspecified atom stereocenters. The summed E-state index contributed by atoms with van der Waals surface area (Å²) in [4.78, 5) is 47.1. The number of carbonyl (C=O) groups excluding carboxylic acids is 3. The molecule has 0 spiro atoms. The fourth-order valence-electron chi connectivity index (χ4n) is 4.70. The first-order valence-electron chi connectivity index (χ1n) is 12.0. The molecule has 1 fully saturated rings. The van der Waals surface area contributed by atoms with Gasteiger partial charge in [-0.2, -0.15) is 0 Å². The average molecular weight is 486 g/mol. The summed E-state index contributed by atoms with van der Waals surface area (Å²) < 4.78 is 0. The van der Waals surface area contributed by atoms with E-state index in [2.05, 4.69) is 10.3 Å².